The maximum atomic E-state index is 10.5. The van der Waals surface area contributed by atoms with E-state index in [1.165, 1.54) is 5.41 Å². The summed E-state index contributed by atoms with van der Waals surface area (Å²) in [5.74, 6) is 0.517. The summed E-state index contributed by atoms with van der Waals surface area (Å²) in [5, 5.41) is 1.53. The quantitative estimate of drug-likeness (QED) is 0.477. The molecule has 0 bridgehead atoms. The van der Waals surface area contributed by atoms with Gasteiger partial charge in [0.2, 0.25) is 0 Å². The van der Waals surface area contributed by atoms with Gasteiger partial charge in [-0.25, -0.2) is 0 Å². The molecule has 1 rings (SSSR count). The van der Waals surface area contributed by atoms with Crippen LogP contribution in [0.25, 0.3) is 0 Å². The highest BCUT2D eigenvalue weighted by Crippen LogP contribution is 2.01. The molecule has 0 aromatic carbocycles. The van der Waals surface area contributed by atoms with E-state index < -0.39 is 10.8 Å². The van der Waals surface area contributed by atoms with Crippen LogP contribution in [-0.4, -0.2) is 15.0 Å². The van der Waals surface area contributed by atoms with Crippen LogP contribution >= 0.6 is 0 Å². The van der Waals surface area contributed by atoms with Crippen LogP contribution in [-0.2, 0) is 10.8 Å². The molecule has 0 aliphatic carbocycles. The van der Waals surface area contributed by atoms with Crippen molar-refractivity contribution in [3.8, 4) is 0 Å². The molecule has 1 atom stereocenters. The first-order valence-corrected chi connectivity index (χ1v) is 3.57. The van der Waals surface area contributed by atoms with Crippen LogP contribution in [0.4, 0.5) is 0 Å². The van der Waals surface area contributed by atoms with Gasteiger partial charge in [-0.15, -0.1) is 0 Å². The molecule has 0 saturated heterocycles. The second-order valence-corrected chi connectivity index (χ2v) is 2.66. The van der Waals surface area contributed by atoms with Crippen molar-refractivity contribution in [1.82, 2.24) is 4.90 Å². The van der Waals surface area contributed by atoms with Crippen LogP contribution < -0.4 is 0 Å². The highest BCUT2D eigenvalue weighted by atomic mass is 32.2. The van der Waals surface area contributed by atoms with Crippen molar-refractivity contribution in [3.05, 3.63) is 24.4 Å². The predicted molar refractivity (Wildman–Crippen MR) is 32.9 cm³/mol. The van der Waals surface area contributed by atoms with E-state index in [0.717, 1.165) is 0 Å². The molecule has 1 aliphatic rings. The molecule has 0 fully saturated rings. The molecule has 0 spiro atoms. The fraction of sp³-hybridized carbons (Fsp3) is 0.200. The van der Waals surface area contributed by atoms with Gasteiger partial charge in [0.25, 0.3) is 0 Å². The molecular weight excluding hydrogens is 122 g/mol. The van der Waals surface area contributed by atoms with E-state index in [0.29, 0.717) is 5.88 Å². The lowest BCUT2D eigenvalue weighted by Gasteiger charge is -2.16. The molecule has 1 heterocycles. The summed E-state index contributed by atoms with van der Waals surface area (Å²) in [6, 6.07) is 0. The number of nitrogens with zero attached hydrogens (tertiary/aromatic N) is 1. The lowest BCUT2D eigenvalue weighted by molar-refractivity contribution is 0.579. The highest BCUT2D eigenvalue weighted by molar-refractivity contribution is 7.88. The first-order valence-electron chi connectivity index (χ1n) is 2.19. The summed E-state index contributed by atoms with van der Waals surface area (Å²) in [6.45, 7) is 3.49. The lowest BCUT2D eigenvalue weighted by atomic mass is 10.8. The standard InChI is InChI=1S/C5H6NOS/c1-2-6-3-4-8(7)5-6/h2,4H,1,5H2/q-1. The van der Waals surface area contributed by atoms with E-state index in [4.69, 9.17) is 0 Å². The van der Waals surface area contributed by atoms with Crippen LogP contribution in [0.2, 0.25) is 0 Å². The Kier molecular flexibility index (Phi) is 1.48. The molecule has 0 radical (unpaired) electrons. The molecule has 1 aliphatic heterocycles. The third-order valence-electron chi connectivity index (χ3n) is 0.837. The maximum Gasteiger partial charge on any atom is 0.0692 e. The van der Waals surface area contributed by atoms with Crippen molar-refractivity contribution in [2.24, 2.45) is 0 Å². The summed E-state index contributed by atoms with van der Waals surface area (Å²) < 4.78 is 10.5. The zero-order valence-electron chi connectivity index (χ0n) is 4.33. The van der Waals surface area contributed by atoms with Crippen LogP contribution in [0.3, 0.4) is 0 Å². The Hall–Kier alpha value is -0.570. The molecule has 1 unspecified atom stereocenters. The highest BCUT2D eigenvalue weighted by Gasteiger charge is 1.96. The first-order chi connectivity index (χ1) is 3.83. The minimum absolute atomic E-state index is 0.517. The monoisotopic (exact) mass is 128 g/mol. The van der Waals surface area contributed by atoms with Gasteiger partial charge in [-0.1, -0.05) is 5.41 Å². The van der Waals surface area contributed by atoms with E-state index in [1.807, 2.05) is 0 Å². The van der Waals surface area contributed by atoms with Gasteiger partial charge in [0.05, 0.1) is 5.88 Å². The summed E-state index contributed by atoms with van der Waals surface area (Å²) in [5.41, 5.74) is 0. The van der Waals surface area contributed by atoms with Crippen LogP contribution in [0, 0.1) is 6.20 Å². The van der Waals surface area contributed by atoms with Crippen molar-refractivity contribution in [2.45, 2.75) is 0 Å². The zero-order valence-corrected chi connectivity index (χ0v) is 5.15. The number of rotatable bonds is 1. The minimum Gasteiger partial charge on any atom is -0.506 e. The Morgan fingerprint density at radius 3 is 3.00 bits per heavy atom. The SMILES string of the molecule is C=CN1[C-]=CS(=O)C1. The van der Waals surface area contributed by atoms with Crippen LogP contribution in [0.1, 0.15) is 0 Å². The topological polar surface area (TPSA) is 20.3 Å². The van der Waals surface area contributed by atoms with Gasteiger partial charge < -0.3 is 4.90 Å². The average molecular weight is 128 g/mol. The summed E-state index contributed by atoms with van der Waals surface area (Å²) in [7, 11) is -0.834. The van der Waals surface area contributed by atoms with E-state index in [2.05, 4.69) is 12.8 Å². The molecule has 0 N–H and O–H groups in total. The Balaban J connectivity index is 2.58. The van der Waals surface area contributed by atoms with Crippen molar-refractivity contribution in [3.63, 3.8) is 0 Å². The van der Waals surface area contributed by atoms with Crippen molar-refractivity contribution in [2.75, 3.05) is 5.88 Å². The van der Waals surface area contributed by atoms with Crippen molar-refractivity contribution < 1.29 is 4.21 Å². The summed E-state index contributed by atoms with van der Waals surface area (Å²) in [6.07, 6.45) is 4.34. The first kappa shape index (κ1) is 5.56. The summed E-state index contributed by atoms with van der Waals surface area (Å²) >= 11 is 0. The largest absolute Gasteiger partial charge is 0.506 e. The van der Waals surface area contributed by atoms with Crippen LogP contribution in [0.5, 0.6) is 0 Å². The fourth-order valence-corrected chi connectivity index (χ4v) is 1.23. The maximum absolute atomic E-state index is 10.5. The van der Waals surface area contributed by atoms with E-state index in [9.17, 15) is 4.21 Å². The Morgan fingerprint density at radius 1 is 2.00 bits per heavy atom. The van der Waals surface area contributed by atoms with Gasteiger partial charge in [-0.05, 0) is 0 Å². The van der Waals surface area contributed by atoms with Gasteiger partial charge in [0, 0.05) is 10.8 Å². The fourth-order valence-electron chi connectivity index (χ4n) is 0.444. The predicted octanol–water partition coefficient (Wildman–Crippen LogP) is 0.426. The van der Waals surface area contributed by atoms with E-state index in [-0.39, 0.29) is 0 Å². The molecule has 8 heavy (non-hydrogen) atoms. The normalized spacial score (nSPS) is 26.5. The molecule has 0 aromatic heterocycles. The van der Waals surface area contributed by atoms with Gasteiger partial charge in [-0.3, -0.25) is 4.21 Å². The van der Waals surface area contributed by atoms with Gasteiger partial charge >= 0.3 is 0 Å². The van der Waals surface area contributed by atoms with Crippen LogP contribution in [0.15, 0.2) is 18.2 Å². The average Bonchev–Trinajstić information content (AvgIpc) is 2.14. The zero-order chi connectivity index (χ0) is 5.98. The Bertz CT molecular complexity index is 153. The van der Waals surface area contributed by atoms with Gasteiger partial charge in [0.1, 0.15) is 0 Å². The summed E-state index contributed by atoms with van der Waals surface area (Å²) in [4.78, 5) is 1.66. The third-order valence-corrected chi connectivity index (χ3v) is 1.74. The Morgan fingerprint density at radius 2 is 2.75 bits per heavy atom. The van der Waals surface area contributed by atoms with Gasteiger partial charge in [0.15, 0.2) is 0 Å². The molecular formula is C5H6NOS-. The third kappa shape index (κ3) is 0.980. The molecule has 2 nitrogen and oxygen atoms in total. The number of hydrogen-bond donors (Lipinski definition) is 0. The second-order valence-electron chi connectivity index (χ2n) is 1.41. The van der Waals surface area contributed by atoms with E-state index >= 15 is 0 Å². The van der Waals surface area contributed by atoms with Crippen molar-refractivity contribution >= 4 is 10.8 Å². The Labute approximate surface area is 50.9 Å². The molecule has 0 saturated carbocycles. The second kappa shape index (κ2) is 2.13. The smallest absolute Gasteiger partial charge is 0.0692 e. The lowest BCUT2D eigenvalue weighted by Crippen LogP contribution is -2.06. The van der Waals surface area contributed by atoms with E-state index in [1.54, 1.807) is 11.1 Å². The molecule has 3 heteroatoms. The van der Waals surface area contributed by atoms with Gasteiger partial charge in [-0.2, -0.15) is 19.0 Å². The van der Waals surface area contributed by atoms with Crippen molar-refractivity contribution in [1.29, 1.82) is 0 Å². The molecule has 0 amide bonds. The molecule has 0 aromatic rings. The minimum atomic E-state index is -0.834. The number of hydrogen-bond acceptors (Lipinski definition) is 2. The molecule has 44 valence electrons.